The fourth-order valence-corrected chi connectivity index (χ4v) is 3.08. The van der Waals surface area contributed by atoms with Gasteiger partial charge in [-0.2, -0.15) is 0 Å². The Bertz CT molecular complexity index is 834. The highest BCUT2D eigenvalue weighted by Crippen LogP contribution is 2.36. The van der Waals surface area contributed by atoms with E-state index in [2.05, 4.69) is 10.6 Å². The zero-order chi connectivity index (χ0) is 17.4. The van der Waals surface area contributed by atoms with Crippen LogP contribution in [0.5, 0.6) is 0 Å². The van der Waals surface area contributed by atoms with Crippen LogP contribution in [-0.4, -0.2) is 23.6 Å². The van der Waals surface area contributed by atoms with Gasteiger partial charge in [0.25, 0.3) is 23.6 Å². The highest BCUT2D eigenvalue weighted by atomic mass is 16.2. The van der Waals surface area contributed by atoms with E-state index in [4.69, 9.17) is 0 Å². The van der Waals surface area contributed by atoms with Gasteiger partial charge in [0.05, 0.1) is 0 Å². The lowest BCUT2D eigenvalue weighted by Gasteiger charge is -2.18. The summed E-state index contributed by atoms with van der Waals surface area (Å²) in [6.07, 6.45) is 0.181. The summed E-state index contributed by atoms with van der Waals surface area (Å²) in [5.41, 5.74) is 2.20. The largest absolute Gasteiger partial charge is 0.289 e. The van der Waals surface area contributed by atoms with Crippen molar-refractivity contribution in [2.24, 2.45) is 0 Å². The van der Waals surface area contributed by atoms with Crippen molar-refractivity contribution < 1.29 is 19.2 Å². The maximum atomic E-state index is 12.2. The first-order chi connectivity index (χ1) is 11.4. The molecule has 2 heterocycles. The average molecular weight is 324 g/mol. The van der Waals surface area contributed by atoms with Gasteiger partial charge in [-0.1, -0.05) is 30.3 Å². The Kier molecular flexibility index (Phi) is 3.89. The van der Waals surface area contributed by atoms with Gasteiger partial charge in [-0.3, -0.25) is 29.8 Å². The van der Waals surface area contributed by atoms with Crippen molar-refractivity contribution in [3.05, 3.63) is 58.2 Å². The second kappa shape index (κ2) is 5.88. The molecule has 4 amide bonds. The van der Waals surface area contributed by atoms with Gasteiger partial charge < -0.3 is 0 Å². The lowest BCUT2D eigenvalue weighted by molar-refractivity contribution is -0.126. The van der Waals surface area contributed by atoms with Crippen molar-refractivity contribution in [2.45, 2.75) is 26.2 Å². The van der Waals surface area contributed by atoms with E-state index in [1.54, 1.807) is 13.8 Å². The Hall–Kier alpha value is -3.02. The van der Waals surface area contributed by atoms with Gasteiger partial charge in [-0.25, -0.2) is 0 Å². The third kappa shape index (κ3) is 2.56. The average Bonchev–Trinajstić information content (AvgIpc) is 2.95. The van der Waals surface area contributed by atoms with Crippen LogP contribution < -0.4 is 10.6 Å². The summed E-state index contributed by atoms with van der Waals surface area (Å²) in [6.45, 7) is 3.17. The van der Waals surface area contributed by atoms with Crippen LogP contribution in [-0.2, 0) is 19.2 Å². The van der Waals surface area contributed by atoms with Crippen LogP contribution >= 0.6 is 0 Å². The maximum absolute atomic E-state index is 12.2. The quantitative estimate of drug-likeness (QED) is 0.811. The molecule has 1 unspecified atom stereocenters. The molecule has 0 aromatic heterocycles. The Morgan fingerprint density at radius 1 is 0.792 bits per heavy atom. The number of nitrogens with one attached hydrogen (secondary N) is 2. The topological polar surface area (TPSA) is 92.3 Å². The minimum absolute atomic E-state index is 0.181. The number of hydrogen-bond acceptors (Lipinski definition) is 4. The standard InChI is InChI=1S/C18H16N2O4/c1-9-12(17(23)19-15(9)21)8-13(11-6-4-3-5-7-11)14-10(2)16(22)20-18(14)24/h3-7,13H,8H2,1-2H3,(H,19,21,23)(H,20,22,24). The SMILES string of the molecule is CC1=C(CC(C2=C(C)C(=O)NC2=O)c2ccccc2)C(=O)NC1=O. The van der Waals surface area contributed by atoms with Gasteiger partial charge in [0.2, 0.25) is 0 Å². The van der Waals surface area contributed by atoms with Gasteiger partial charge >= 0.3 is 0 Å². The first-order valence-corrected chi connectivity index (χ1v) is 7.57. The zero-order valence-electron chi connectivity index (χ0n) is 13.3. The predicted molar refractivity (Wildman–Crippen MR) is 85.5 cm³/mol. The molecule has 0 fully saturated rings. The molecule has 0 radical (unpaired) electrons. The van der Waals surface area contributed by atoms with E-state index in [9.17, 15) is 19.2 Å². The number of imide groups is 2. The van der Waals surface area contributed by atoms with Crippen molar-refractivity contribution in [3.63, 3.8) is 0 Å². The number of carbonyl (C=O) groups is 4. The molecular weight excluding hydrogens is 308 g/mol. The maximum Gasteiger partial charge on any atom is 0.255 e. The van der Waals surface area contributed by atoms with Crippen LogP contribution in [0.2, 0.25) is 0 Å². The van der Waals surface area contributed by atoms with Gasteiger partial charge in [0.15, 0.2) is 0 Å². The van der Waals surface area contributed by atoms with Crippen LogP contribution in [0.3, 0.4) is 0 Å². The molecule has 2 aliphatic rings. The van der Waals surface area contributed by atoms with Gasteiger partial charge in [-0.05, 0) is 25.8 Å². The van der Waals surface area contributed by atoms with E-state index in [-0.39, 0.29) is 6.42 Å². The Labute approximate surface area is 138 Å². The van der Waals surface area contributed by atoms with Crippen LogP contribution in [0.4, 0.5) is 0 Å². The Morgan fingerprint density at radius 2 is 1.38 bits per heavy atom. The summed E-state index contributed by atoms with van der Waals surface area (Å²) < 4.78 is 0. The van der Waals surface area contributed by atoms with E-state index in [1.165, 1.54) is 0 Å². The van der Waals surface area contributed by atoms with Gasteiger partial charge in [0, 0.05) is 28.2 Å². The number of benzene rings is 1. The molecule has 3 rings (SSSR count). The van der Waals surface area contributed by atoms with Crippen molar-refractivity contribution >= 4 is 23.6 Å². The highest BCUT2D eigenvalue weighted by Gasteiger charge is 2.37. The molecule has 0 bridgehead atoms. The van der Waals surface area contributed by atoms with E-state index < -0.39 is 29.5 Å². The molecule has 0 saturated heterocycles. The molecular formula is C18H16N2O4. The summed E-state index contributed by atoms with van der Waals surface area (Å²) in [4.78, 5) is 47.8. The summed E-state index contributed by atoms with van der Waals surface area (Å²) in [5.74, 6) is -2.21. The van der Waals surface area contributed by atoms with Crippen LogP contribution in [0.15, 0.2) is 52.6 Å². The first-order valence-electron chi connectivity index (χ1n) is 7.57. The smallest absolute Gasteiger partial charge is 0.255 e. The second-order valence-corrected chi connectivity index (χ2v) is 5.88. The Balaban J connectivity index is 2.08. The third-order valence-electron chi connectivity index (χ3n) is 4.47. The molecule has 0 spiro atoms. The molecule has 122 valence electrons. The third-order valence-corrected chi connectivity index (χ3v) is 4.47. The molecule has 6 nitrogen and oxygen atoms in total. The van der Waals surface area contributed by atoms with Crippen molar-refractivity contribution in [1.82, 2.24) is 10.6 Å². The van der Waals surface area contributed by atoms with Gasteiger partial charge in [0.1, 0.15) is 0 Å². The zero-order valence-corrected chi connectivity index (χ0v) is 13.3. The fourth-order valence-electron chi connectivity index (χ4n) is 3.08. The molecule has 24 heavy (non-hydrogen) atoms. The lowest BCUT2D eigenvalue weighted by atomic mass is 9.83. The molecule has 2 N–H and O–H groups in total. The molecule has 1 aromatic rings. The van der Waals surface area contributed by atoms with E-state index in [1.807, 2.05) is 30.3 Å². The monoisotopic (exact) mass is 324 g/mol. The second-order valence-electron chi connectivity index (χ2n) is 5.88. The van der Waals surface area contributed by atoms with E-state index >= 15 is 0 Å². The summed E-state index contributed by atoms with van der Waals surface area (Å²) >= 11 is 0. The van der Waals surface area contributed by atoms with Crippen LogP contribution in [0.1, 0.15) is 31.7 Å². The Morgan fingerprint density at radius 3 is 1.88 bits per heavy atom. The normalized spacial score (nSPS) is 19.1. The number of rotatable bonds is 4. The van der Waals surface area contributed by atoms with Crippen molar-refractivity contribution in [1.29, 1.82) is 0 Å². The van der Waals surface area contributed by atoms with Gasteiger partial charge in [-0.15, -0.1) is 0 Å². The molecule has 0 saturated carbocycles. The van der Waals surface area contributed by atoms with Crippen molar-refractivity contribution in [2.75, 3.05) is 0 Å². The molecule has 2 aliphatic heterocycles. The van der Waals surface area contributed by atoms with Crippen LogP contribution in [0.25, 0.3) is 0 Å². The number of amides is 4. The molecule has 1 aromatic carbocycles. The number of hydrogen-bond donors (Lipinski definition) is 2. The summed E-state index contributed by atoms with van der Waals surface area (Å²) in [7, 11) is 0. The number of carbonyl (C=O) groups excluding carboxylic acids is 4. The minimum atomic E-state index is -0.473. The molecule has 0 aliphatic carbocycles. The highest BCUT2D eigenvalue weighted by molar-refractivity contribution is 6.21. The van der Waals surface area contributed by atoms with Crippen LogP contribution in [0, 0.1) is 0 Å². The van der Waals surface area contributed by atoms with E-state index in [0.717, 1.165) is 5.56 Å². The summed E-state index contributed by atoms with van der Waals surface area (Å²) in [6, 6.07) is 9.18. The molecule has 1 atom stereocenters. The fraction of sp³-hybridized carbons (Fsp3) is 0.222. The first kappa shape index (κ1) is 15.9. The van der Waals surface area contributed by atoms with Crippen molar-refractivity contribution in [3.8, 4) is 0 Å². The minimum Gasteiger partial charge on any atom is -0.289 e. The lowest BCUT2D eigenvalue weighted by Crippen LogP contribution is -2.25. The molecule has 6 heteroatoms. The van der Waals surface area contributed by atoms with E-state index in [0.29, 0.717) is 22.3 Å². The summed E-state index contributed by atoms with van der Waals surface area (Å²) in [5, 5.41) is 4.55. The predicted octanol–water partition coefficient (Wildman–Crippen LogP) is 1.11.